The average molecular weight is 500 g/mol. The number of benzene rings is 2. The lowest BCUT2D eigenvalue weighted by molar-refractivity contribution is -0.134. The van der Waals surface area contributed by atoms with Gasteiger partial charge in [0, 0.05) is 31.5 Å². The number of aryl methyl sites for hydroxylation is 1. The van der Waals surface area contributed by atoms with Gasteiger partial charge in [-0.1, -0.05) is 75.4 Å². The van der Waals surface area contributed by atoms with E-state index in [1.165, 1.54) is 93.1 Å². The maximum Gasteiger partial charge on any atom is 0.224 e. The zero-order valence-electron chi connectivity index (χ0n) is 23.0. The lowest BCUT2D eigenvalue weighted by Gasteiger charge is -2.34. The number of nitrogens with zero attached hydrogens (tertiary/aromatic N) is 3. The second-order valence-corrected chi connectivity index (χ2v) is 11.4. The van der Waals surface area contributed by atoms with Gasteiger partial charge in [0.15, 0.2) is 0 Å². The predicted octanol–water partition coefficient (Wildman–Crippen LogP) is 8.35. The van der Waals surface area contributed by atoms with Gasteiger partial charge in [0.25, 0.3) is 0 Å². The molecule has 0 bridgehead atoms. The van der Waals surface area contributed by atoms with E-state index in [0.29, 0.717) is 24.3 Å². The summed E-state index contributed by atoms with van der Waals surface area (Å²) in [6.45, 7) is 5.99. The van der Waals surface area contributed by atoms with Crippen molar-refractivity contribution < 1.29 is 4.79 Å². The first-order chi connectivity index (χ1) is 18.2. The molecule has 0 spiro atoms. The zero-order chi connectivity index (χ0) is 25.6. The summed E-state index contributed by atoms with van der Waals surface area (Å²) in [5.74, 6) is 2.90. The Bertz CT molecular complexity index is 1150. The second-order valence-electron chi connectivity index (χ2n) is 11.4. The number of aromatic nitrogens is 2. The molecule has 0 aliphatic heterocycles. The van der Waals surface area contributed by atoms with Crippen LogP contribution in [0.2, 0.25) is 0 Å². The first-order valence-electron chi connectivity index (χ1n) is 15.0. The molecule has 0 radical (unpaired) electrons. The van der Waals surface area contributed by atoms with E-state index in [1.54, 1.807) is 0 Å². The van der Waals surface area contributed by atoms with E-state index in [9.17, 15) is 4.79 Å². The van der Waals surface area contributed by atoms with Gasteiger partial charge in [-0.15, -0.1) is 0 Å². The molecule has 37 heavy (non-hydrogen) atoms. The number of hydrogen-bond donors (Lipinski definition) is 0. The fourth-order valence-electron chi connectivity index (χ4n) is 7.00. The zero-order valence-corrected chi connectivity index (χ0v) is 23.0. The normalized spacial score (nSPS) is 20.8. The van der Waals surface area contributed by atoms with Crippen molar-refractivity contribution in [2.24, 2.45) is 5.92 Å². The van der Waals surface area contributed by atoms with Crippen molar-refractivity contribution in [3.8, 4) is 11.1 Å². The Labute approximate surface area is 223 Å². The molecule has 2 aliphatic rings. The maximum absolute atomic E-state index is 13.5. The standard InChI is InChI=1S/C33H45N3O/c1-3-11-25-16-18-27(19-17-25)33-34-30-21-20-28(26-12-7-5-8-13-26)24-31(30)36(33)23-22-32(37)35(4-2)29-14-9-6-10-15-29/h5,7-8,12-13,20-21,24-25,27,29H,3-4,6,9-11,14-19,22-23H2,1-2H3. The van der Waals surface area contributed by atoms with E-state index in [1.807, 2.05) is 0 Å². The Morgan fingerprint density at radius 3 is 2.38 bits per heavy atom. The third-order valence-corrected chi connectivity index (χ3v) is 9.02. The van der Waals surface area contributed by atoms with Gasteiger partial charge >= 0.3 is 0 Å². The molecular weight excluding hydrogens is 454 g/mol. The lowest BCUT2D eigenvalue weighted by atomic mass is 9.79. The van der Waals surface area contributed by atoms with Gasteiger partial charge in [-0.2, -0.15) is 0 Å². The quantitative estimate of drug-likeness (QED) is 0.297. The SMILES string of the molecule is CCCC1CCC(c2nc3ccc(-c4ccccc4)cc3n2CCC(=O)N(CC)C2CCCCC2)CC1. The highest BCUT2D eigenvalue weighted by Gasteiger charge is 2.28. The van der Waals surface area contributed by atoms with Crippen molar-refractivity contribution in [2.75, 3.05) is 6.54 Å². The van der Waals surface area contributed by atoms with Crippen LogP contribution in [0.5, 0.6) is 0 Å². The lowest BCUT2D eigenvalue weighted by Crippen LogP contribution is -2.41. The number of carbonyl (C=O) groups is 1. The molecule has 0 unspecified atom stereocenters. The van der Waals surface area contributed by atoms with Crippen molar-refractivity contribution in [3.63, 3.8) is 0 Å². The maximum atomic E-state index is 13.5. The van der Waals surface area contributed by atoms with Gasteiger partial charge in [-0.3, -0.25) is 4.79 Å². The van der Waals surface area contributed by atoms with Crippen LogP contribution in [0.25, 0.3) is 22.2 Å². The van der Waals surface area contributed by atoms with Gasteiger partial charge in [0.05, 0.1) is 11.0 Å². The van der Waals surface area contributed by atoms with Crippen molar-refractivity contribution in [1.29, 1.82) is 0 Å². The molecule has 1 aromatic heterocycles. The summed E-state index contributed by atoms with van der Waals surface area (Å²) in [5, 5.41) is 0. The van der Waals surface area contributed by atoms with Crippen LogP contribution in [0.3, 0.4) is 0 Å². The van der Waals surface area contributed by atoms with E-state index in [-0.39, 0.29) is 0 Å². The minimum absolute atomic E-state index is 0.313. The van der Waals surface area contributed by atoms with E-state index >= 15 is 0 Å². The molecule has 0 atom stereocenters. The number of rotatable bonds is 9. The van der Waals surface area contributed by atoms with Gasteiger partial charge in [-0.05, 0) is 74.6 Å². The highest BCUT2D eigenvalue weighted by molar-refractivity contribution is 5.83. The fourth-order valence-corrected chi connectivity index (χ4v) is 7.00. The van der Waals surface area contributed by atoms with Gasteiger partial charge in [0.1, 0.15) is 5.82 Å². The molecule has 0 saturated heterocycles. The Morgan fingerprint density at radius 2 is 1.68 bits per heavy atom. The molecule has 2 saturated carbocycles. The average Bonchev–Trinajstić information content (AvgIpc) is 3.31. The Kier molecular flexibility index (Phi) is 8.63. The molecule has 4 nitrogen and oxygen atoms in total. The van der Waals surface area contributed by atoms with Gasteiger partial charge < -0.3 is 9.47 Å². The van der Waals surface area contributed by atoms with Crippen LogP contribution in [0.4, 0.5) is 0 Å². The third-order valence-electron chi connectivity index (χ3n) is 9.02. The molecule has 0 N–H and O–H groups in total. The first kappa shape index (κ1) is 26.0. The molecule has 2 fully saturated rings. The Morgan fingerprint density at radius 1 is 0.919 bits per heavy atom. The fraction of sp³-hybridized carbons (Fsp3) is 0.576. The highest BCUT2D eigenvalue weighted by atomic mass is 16.2. The molecule has 2 aliphatic carbocycles. The molecule has 4 heteroatoms. The molecule has 198 valence electrons. The second kappa shape index (κ2) is 12.3. The van der Waals surface area contributed by atoms with Crippen LogP contribution in [0, 0.1) is 5.92 Å². The summed E-state index contributed by atoms with van der Waals surface area (Å²) in [7, 11) is 0. The summed E-state index contributed by atoms with van der Waals surface area (Å²) in [6, 6.07) is 17.7. The summed E-state index contributed by atoms with van der Waals surface area (Å²) >= 11 is 0. The smallest absolute Gasteiger partial charge is 0.224 e. The minimum Gasteiger partial charge on any atom is -0.340 e. The topological polar surface area (TPSA) is 38.1 Å². The largest absolute Gasteiger partial charge is 0.340 e. The number of hydrogen-bond acceptors (Lipinski definition) is 2. The predicted molar refractivity (Wildman–Crippen MR) is 154 cm³/mol. The third kappa shape index (κ3) is 5.94. The van der Waals surface area contributed by atoms with Crippen LogP contribution in [-0.2, 0) is 11.3 Å². The molecule has 1 amide bonds. The van der Waals surface area contributed by atoms with E-state index < -0.39 is 0 Å². The van der Waals surface area contributed by atoms with Crippen LogP contribution >= 0.6 is 0 Å². The first-order valence-corrected chi connectivity index (χ1v) is 15.0. The summed E-state index contributed by atoms with van der Waals surface area (Å²) in [5.41, 5.74) is 4.69. The van der Waals surface area contributed by atoms with E-state index in [4.69, 9.17) is 4.98 Å². The van der Waals surface area contributed by atoms with Crippen molar-refractivity contribution in [1.82, 2.24) is 14.5 Å². The van der Waals surface area contributed by atoms with Gasteiger partial charge in [0.2, 0.25) is 5.91 Å². The van der Waals surface area contributed by atoms with Crippen LogP contribution in [-0.4, -0.2) is 32.9 Å². The Balaban J connectivity index is 1.42. The minimum atomic E-state index is 0.313. The number of fused-ring (bicyclic) bond motifs is 1. The van der Waals surface area contributed by atoms with Crippen molar-refractivity contribution in [2.45, 2.75) is 109 Å². The Hall–Kier alpha value is -2.62. The summed E-state index contributed by atoms with van der Waals surface area (Å²) in [6.07, 6.45) is 14.4. The molecule has 1 heterocycles. The molecule has 2 aromatic carbocycles. The molecule has 3 aromatic rings. The monoisotopic (exact) mass is 499 g/mol. The number of imidazole rings is 1. The van der Waals surface area contributed by atoms with Crippen molar-refractivity contribution >= 4 is 16.9 Å². The summed E-state index contributed by atoms with van der Waals surface area (Å²) in [4.78, 5) is 20.9. The highest BCUT2D eigenvalue weighted by Crippen LogP contribution is 2.39. The van der Waals surface area contributed by atoms with E-state index in [0.717, 1.165) is 24.5 Å². The van der Waals surface area contributed by atoms with Gasteiger partial charge in [-0.25, -0.2) is 4.98 Å². The van der Waals surface area contributed by atoms with Crippen molar-refractivity contribution in [3.05, 3.63) is 54.4 Å². The van der Waals surface area contributed by atoms with Crippen LogP contribution < -0.4 is 0 Å². The van der Waals surface area contributed by atoms with Crippen LogP contribution in [0.15, 0.2) is 48.5 Å². The number of amides is 1. The number of carbonyl (C=O) groups excluding carboxylic acids is 1. The van der Waals surface area contributed by atoms with Crippen LogP contribution in [0.1, 0.15) is 103 Å². The molecule has 5 rings (SSSR count). The van der Waals surface area contributed by atoms with E-state index in [2.05, 4.69) is 71.8 Å². The summed E-state index contributed by atoms with van der Waals surface area (Å²) < 4.78 is 2.42. The molecular formula is C33H45N3O.